The summed E-state index contributed by atoms with van der Waals surface area (Å²) in [4.78, 5) is 10.8. The van der Waals surface area contributed by atoms with Crippen LogP contribution in [0.3, 0.4) is 0 Å². The molecule has 1 aromatic rings. The van der Waals surface area contributed by atoms with Crippen molar-refractivity contribution in [3.63, 3.8) is 0 Å². The second kappa shape index (κ2) is 4.53. The van der Waals surface area contributed by atoms with Gasteiger partial charge in [-0.2, -0.15) is 0 Å². The minimum Gasteiger partial charge on any atom is -0.478 e. The van der Waals surface area contributed by atoms with Crippen molar-refractivity contribution in [2.45, 2.75) is 6.92 Å². The molecule has 0 spiro atoms. The number of halogens is 2. The van der Waals surface area contributed by atoms with Gasteiger partial charge in [-0.15, -0.1) is 0 Å². The van der Waals surface area contributed by atoms with E-state index in [2.05, 4.69) is 5.32 Å². The first-order chi connectivity index (χ1) is 6.56. The first-order valence-corrected chi connectivity index (χ1v) is 4.78. The van der Waals surface area contributed by atoms with Crippen LogP contribution in [-0.4, -0.2) is 17.6 Å². The lowest BCUT2D eigenvalue weighted by atomic mass is 10.2. The molecule has 5 heteroatoms. The van der Waals surface area contributed by atoms with Crippen LogP contribution in [0.5, 0.6) is 0 Å². The van der Waals surface area contributed by atoms with Crippen LogP contribution in [0.1, 0.15) is 17.3 Å². The number of benzene rings is 1. The Morgan fingerprint density at radius 1 is 1.50 bits per heavy atom. The third kappa shape index (κ3) is 2.30. The molecule has 0 aliphatic carbocycles. The number of hydrogen-bond donors (Lipinski definition) is 2. The Hall–Kier alpha value is -0.930. The van der Waals surface area contributed by atoms with E-state index in [1.165, 1.54) is 6.07 Å². The Balaban J connectivity index is 3.24. The van der Waals surface area contributed by atoms with Gasteiger partial charge in [-0.1, -0.05) is 23.2 Å². The van der Waals surface area contributed by atoms with E-state index in [4.69, 9.17) is 28.3 Å². The lowest BCUT2D eigenvalue weighted by Gasteiger charge is -2.08. The molecular formula is C9H9Cl2NO2. The zero-order valence-corrected chi connectivity index (χ0v) is 8.99. The number of carboxylic acids is 1. The molecule has 0 saturated carbocycles. The van der Waals surface area contributed by atoms with Crippen LogP contribution in [0.4, 0.5) is 5.69 Å². The molecule has 0 bridgehead atoms. The zero-order chi connectivity index (χ0) is 10.7. The van der Waals surface area contributed by atoms with Crippen LogP contribution in [0, 0.1) is 0 Å². The molecule has 2 N–H and O–H groups in total. The quantitative estimate of drug-likeness (QED) is 0.844. The van der Waals surface area contributed by atoms with E-state index in [-0.39, 0.29) is 10.6 Å². The van der Waals surface area contributed by atoms with Crippen molar-refractivity contribution in [3.05, 3.63) is 27.7 Å². The Kier molecular flexibility index (Phi) is 3.61. The molecule has 1 aromatic carbocycles. The number of carbonyl (C=O) groups is 1. The van der Waals surface area contributed by atoms with Crippen LogP contribution in [-0.2, 0) is 0 Å². The van der Waals surface area contributed by atoms with E-state index in [9.17, 15) is 4.79 Å². The van der Waals surface area contributed by atoms with E-state index >= 15 is 0 Å². The summed E-state index contributed by atoms with van der Waals surface area (Å²) < 4.78 is 0. The average molecular weight is 234 g/mol. The molecule has 0 radical (unpaired) electrons. The summed E-state index contributed by atoms with van der Waals surface area (Å²) in [6.45, 7) is 2.54. The summed E-state index contributed by atoms with van der Waals surface area (Å²) in [7, 11) is 0. The molecule has 0 aliphatic heterocycles. The Morgan fingerprint density at radius 3 is 2.64 bits per heavy atom. The number of rotatable bonds is 3. The van der Waals surface area contributed by atoms with Crippen molar-refractivity contribution >= 4 is 34.9 Å². The van der Waals surface area contributed by atoms with E-state index in [0.29, 0.717) is 17.3 Å². The molecule has 14 heavy (non-hydrogen) atoms. The third-order valence-electron chi connectivity index (χ3n) is 1.64. The Bertz CT molecular complexity index is 366. The van der Waals surface area contributed by atoms with Gasteiger partial charge in [-0.3, -0.25) is 0 Å². The normalized spacial score (nSPS) is 9.93. The van der Waals surface area contributed by atoms with Gasteiger partial charge in [0.15, 0.2) is 0 Å². The van der Waals surface area contributed by atoms with Crippen LogP contribution in [0.15, 0.2) is 12.1 Å². The minimum absolute atomic E-state index is 0.00937. The topological polar surface area (TPSA) is 49.3 Å². The summed E-state index contributed by atoms with van der Waals surface area (Å²) in [6.07, 6.45) is 0. The molecule has 0 aliphatic rings. The maximum atomic E-state index is 10.8. The number of aromatic carboxylic acids is 1. The van der Waals surface area contributed by atoms with Crippen LogP contribution in [0.25, 0.3) is 0 Å². The molecule has 0 atom stereocenters. The van der Waals surface area contributed by atoms with E-state index in [1.807, 2.05) is 6.92 Å². The van der Waals surface area contributed by atoms with Crippen LogP contribution < -0.4 is 5.32 Å². The van der Waals surface area contributed by atoms with Crippen molar-refractivity contribution in [1.82, 2.24) is 0 Å². The highest BCUT2D eigenvalue weighted by Crippen LogP contribution is 2.29. The average Bonchev–Trinajstić information content (AvgIpc) is 2.10. The van der Waals surface area contributed by atoms with Crippen molar-refractivity contribution < 1.29 is 9.90 Å². The van der Waals surface area contributed by atoms with Crippen molar-refractivity contribution in [2.24, 2.45) is 0 Å². The summed E-state index contributed by atoms with van der Waals surface area (Å²) in [6, 6.07) is 2.92. The maximum Gasteiger partial charge on any atom is 0.337 e. The fraction of sp³-hybridized carbons (Fsp3) is 0.222. The monoisotopic (exact) mass is 233 g/mol. The lowest BCUT2D eigenvalue weighted by molar-refractivity contribution is 0.0697. The molecule has 0 saturated heterocycles. The van der Waals surface area contributed by atoms with Crippen molar-refractivity contribution in [2.75, 3.05) is 11.9 Å². The third-order valence-corrected chi connectivity index (χ3v) is 2.26. The van der Waals surface area contributed by atoms with Gasteiger partial charge in [-0.25, -0.2) is 4.79 Å². The van der Waals surface area contributed by atoms with E-state index < -0.39 is 5.97 Å². The second-order valence-electron chi connectivity index (χ2n) is 2.65. The fourth-order valence-corrected chi connectivity index (χ4v) is 1.54. The van der Waals surface area contributed by atoms with Gasteiger partial charge in [-0.05, 0) is 19.1 Å². The van der Waals surface area contributed by atoms with Crippen molar-refractivity contribution in [3.8, 4) is 0 Å². The summed E-state index contributed by atoms with van der Waals surface area (Å²) in [5.41, 5.74) is 0.550. The largest absolute Gasteiger partial charge is 0.478 e. The predicted octanol–water partition coefficient (Wildman–Crippen LogP) is 3.12. The van der Waals surface area contributed by atoms with Crippen molar-refractivity contribution in [1.29, 1.82) is 0 Å². The Morgan fingerprint density at radius 2 is 2.14 bits per heavy atom. The van der Waals surface area contributed by atoms with Gasteiger partial charge in [0, 0.05) is 11.6 Å². The molecule has 0 unspecified atom stereocenters. The minimum atomic E-state index is -1.09. The SMILES string of the molecule is CCNc1cc(Cl)cc(C(=O)O)c1Cl. The lowest BCUT2D eigenvalue weighted by Crippen LogP contribution is -2.03. The molecular weight excluding hydrogens is 225 g/mol. The van der Waals surface area contributed by atoms with E-state index in [0.717, 1.165) is 0 Å². The molecule has 0 aromatic heterocycles. The maximum absolute atomic E-state index is 10.8. The van der Waals surface area contributed by atoms with Gasteiger partial charge in [0.1, 0.15) is 0 Å². The van der Waals surface area contributed by atoms with Gasteiger partial charge >= 0.3 is 5.97 Å². The van der Waals surface area contributed by atoms with Crippen LogP contribution in [0.2, 0.25) is 10.0 Å². The molecule has 0 fully saturated rings. The molecule has 0 heterocycles. The fourth-order valence-electron chi connectivity index (χ4n) is 1.06. The highest BCUT2D eigenvalue weighted by molar-refractivity contribution is 6.38. The predicted molar refractivity (Wildman–Crippen MR) is 57.6 cm³/mol. The standard InChI is InChI=1S/C9H9Cl2NO2/c1-2-12-7-4-5(10)3-6(8(7)11)9(13)14/h3-4,12H,2H2,1H3,(H,13,14). The number of carboxylic acid groups (broad SMARTS) is 1. The number of nitrogens with one attached hydrogen (secondary N) is 1. The highest BCUT2D eigenvalue weighted by atomic mass is 35.5. The van der Waals surface area contributed by atoms with Crippen LogP contribution >= 0.6 is 23.2 Å². The molecule has 76 valence electrons. The summed E-state index contributed by atoms with van der Waals surface area (Å²) >= 11 is 11.6. The highest BCUT2D eigenvalue weighted by Gasteiger charge is 2.13. The molecule has 3 nitrogen and oxygen atoms in total. The first kappa shape index (κ1) is 11.1. The smallest absolute Gasteiger partial charge is 0.337 e. The van der Waals surface area contributed by atoms with Gasteiger partial charge in [0.05, 0.1) is 16.3 Å². The van der Waals surface area contributed by atoms with E-state index in [1.54, 1.807) is 6.07 Å². The number of hydrogen-bond acceptors (Lipinski definition) is 2. The summed E-state index contributed by atoms with van der Waals surface area (Å²) in [5.74, 6) is -1.09. The Labute approximate surface area is 91.6 Å². The van der Waals surface area contributed by atoms with Gasteiger partial charge in [0.25, 0.3) is 0 Å². The zero-order valence-electron chi connectivity index (χ0n) is 7.47. The first-order valence-electron chi connectivity index (χ1n) is 4.02. The van der Waals surface area contributed by atoms with Gasteiger partial charge in [0.2, 0.25) is 0 Å². The second-order valence-corrected chi connectivity index (χ2v) is 3.46. The summed E-state index contributed by atoms with van der Waals surface area (Å²) in [5, 5.41) is 12.3. The molecule has 0 amide bonds. The molecule has 1 rings (SSSR count). The number of anilines is 1. The van der Waals surface area contributed by atoms with Gasteiger partial charge < -0.3 is 10.4 Å².